The predicted molar refractivity (Wildman–Crippen MR) is 188 cm³/mol. The Hall–Kier alpha value is -5.66. The molecule has 0 radical (unpaired) electrons. The van der Waals surface area contributed by atoms with E-state index >= 15 is 0 Å². The van der Waals surface area contributed by atoms with Crippen LogP contribution in [0, 0.1) is 6.57 Å². The molecule has 0 spiro atoms. The number of anilines is 3. The first kappa shape index (κ1) is 29.1. The molecule has 224 valence electrons. The minimum atomic E-state index is -1.23. The summed E-state index contributed by atoms with van der Waals surface area (Å²) in [5.41, 5.74) is 14.0. The van der Waals surface area contributed by atoms with Gasteiger partial charge in [0.1, 0.15) is 0 Å². The van der Waals surface area contributed by atoms with Gasteiger partial charge in [0.05, 0.1) is 6.57 Å². The van der Waals surface area contributed by atoms with Crippen molar-refractivity contribution < 1.29 is 9.90 Å². The van der Waals surface area contributed by atoms with Crippen LogP contribution in [0.3, 0.4) is 0 Å². The molecule has 0 fully saturated rings. The first-order chi connectivity index (χ1) is 22.1. The quantitative estimate of drug-likeness (QED) is 0.120. The molecule has 4 heteroatoms. The van der Waals surface area contributed by atoms with E-state index in [9.17, 15) is 4.79 Å². The Morgan fingerprint density at radius 2 is 1.11 bits per heavy atom. The van der Waals surface area contributed by atoms with E-state index in [1.807, 2.05) is 18.2 Å². The number of fused-ring (bicyclic) bond motifs is 6. The Morgan fingerprint density at radius 3 is 1.59 bits per heavy atom. The van der Waals surface area contributed by atoms with E-state index in [2.05, 4.69) is 135 Å². The standard InChI is InChI=1S/C42H34N2O2/c1-41(2)35-14-8-6-12-31(35)33-23-21-29(25-37(33)41)44(28-19-17-27(18-20-28)11-10-16-39(43-5)40(45)46)30-22-24-34-32-13-7-9-15-36(32)42(3,4)38(34)26-30/h6-26H,1-4H3,(H,45,46). The molecule has 0 bridgehead atoms. The zero-order valence-corrected chi connectivity index (χ0v) is 26.4. The lowest BCUT2D eigenvalue weighted by molar-refractivity contribution is -0.132. The van der Waals surface area contributed by atoms with Crippen molar-refractivity contribution in [2.75, 3.05) is 4.90 Å². The lowest BCUT2D eigenvalue weighted by Crippen LogP contribution is -2.18. The number of nitrogens with zero attached hydrogens (tertiary/aromatic N) is 2. The number of hydrogen-bond acceptors (Lipinski definition) is 2. The molecular formula is C42H34N2O2. The summed E-state index contributed by atoms with van der Waals surface area (Å²) in [6.07, 6.45) is 4.74. The molecule has 0 saturated heterocycles. The molecule has 1 N–H and O–H groups in total. The molecule has 2 aliphatic rings. The van der Waals surface area contributed by atoms with Crippen LogP contribution in [-0.4, -0.2) is 11.1 Å². The summed E-state index contributed by atoms with van der Waals surface area (Å²) in [4.78, 5) is 16.6. The average molecular weight is 599 g/mol. The van der Waals surface area contributed by atoms with Crippen LogP contribution in [0.25, 0.3) is 33.2 Å². The number of carboxylic acid groups (broad SMARTS) is 1. The topological polar surface area (TPSA) is 44.9 Å². The van der Waals surface area contributed by atoms with Crippen LogP contribution >= 0.6 is 0 Å². The fraction of sp³-hybridized carbons (Fsp3) is 0.143. The molecule has 0 aromatic heterocycles. The number of hydrogen-bond donors (Lipinski definition) is 1. The number of carbonyl (C=O) groups is 1. The van der Waals surface area contributed by atoms with Crippen molar-refractivity contribution in [3.8, 4) is 22.3 Å². The summed E-state index contributed by atoms with van der Waals surface area (Å²) in [7, 11) is 0. The lowest BCUT2D eigenvalue weighted by Gasteiger charge is -2.29. The van der Waals surface area contributed by atoms with Crippen molar-refractivity contribution in [2.24, 2.45) is 0 Å². The molecule has 0 aliphatic heterocycles. The number of benzene rings is 5. The molecule has 4 nitrogen and oxygen atoms in total. The predicted octanol–water partition coefficient (Wildman–Crippen LogP) is 10.7. The van der Waals surface area contributed by atoms with E-state index < -0.39 is 5.97 Å². The van der Waals surface area contributed by atoms with Gasteiger partial charge >= 0.3 is 5.97 Å². The van der Waals surface area contributed by atoms with Gasteiger partial charge in [0.15, 0.2) is 0 Å². The van der Waals surface area contributed by atoms with Crippen LogP contribution < -0.4 is 4.90 Å². The van der Waals surface area contributed by atoms with Gasteiger partial charge in [-0.2, -0.15) is 0 Å². The first-order valence-corrected chi connectivity index (χ1v) is 15.5. The van der Waals surface area contributed by atoms with Crippen molar-refractivity contribution in [1.29, 1.82) is 0 Å². The number of rotatable bonds is 6. The number of allylic oxidation sites excluding steroid dienone is 2. The molecular weight excluding hydrogens is 564 g/mol. The van der Waals surface area contributed by atoms with Gasteiger partial charge in [-0.15, -0.1) is 0 Å². The molecule has 0 unspecified atom stereocenters. The van der Waals surface area contributed by atoms with Gasteiger partial charge in [0.25, 0.3) is 5.70 Å². The lowest BCUT2D eigenvalue weighted by atomic mass is 9.82. The summed E-state index contributed by atoms with van der Waals surface area (Å²) in [6, 6.07) is 39.3. The Morgan fingerprint density at radius 1 is 0.652 bits per heavy atom. The summed E-state index contributed by atoms with van der Waals surface area (Å²) in [6.45, 7) is 16.3. The van der Waals surface area contributed by atoms with Gasteiger partial charge in [0.2, 0.25) is 0 Å². The largest absolute Gasteiger partial charge is 0.486 e. The second-order valence-corrected chi connectivity index (χ2v) is 13.1. The molecule has 0 atom stereocenters. The molecule has 7 rings (SSSR count). The second kappa shape index (κ2) is 10.8. The number of carboxylic acids is 1. The zero-order chi connectivity index (χ0) is 32.2. The highest BCUT2D eigenvalue weighted by Gasteiger charge is 2.37. The van der Waals surface area contributed by atoms with Crippen LogP contribution in [0.1, 0.15) is 55.5 Å². The van der Waals surface area contributed by atoms with Crippen LogP contribution in [0.4, 0.5) is 17.1 Å². The van der Waals surface area contributed by atoms with Gasteiger partial charge in [-0.3, -0.25) is 4.79 Å². The molecule has 0 heterocycles. The van der Waals surface area contributed by atoms with Crippen molar-refractivity contribution in [3.05, 3.63) is 166 Å². The Bertz CT molecular complexity index is 2030. The maximum atomic E-state index is 11.2. The average Bonchev–Trinajstić information content (AvgIpc) is 3.43. The fourth-order valence-electron chi connectivity index (χ4n) is 7.25. The Labute approximate surface area is 270 Å². The third-order valence-corrected chi connectivity index (χ3v) is 9.68. The minimum Gasteiger partial charge on any atom is -0.486 e. The maximum absolute atomic E-state index is 11.2. The normalized spacial score (nSPS) is 15.1. The van der Waals surface area contributed by atoms with Crippen molar-refractivity contribution in [2.45, 2.75) is 38.5 Å². The van der Waals surface area contributed by atoms with Crippen molar-refractivity contribution >= 4 is 29.1 Å². The molecule has 5 aromatic rings. The highest BCUT2D eigenvalue weighted by Crippen LogP contribution is 2.52. The molecule has 0 saturated carbocycles. The monoisotopic (exact) mass is 598 g/mol. The highest BCUT2D eigenvalue weighted by molar-refractivity contribution is 5.90. The zero-order valence-electron chi connectivity index (χ0n) is 26.4. The fourth-order valence-corrected chi connectivity index (χ4v) is 7.25. The molecule has 46 heavy (non-hydrogen) atoms. The van der Waals surface area contributed by atoms with Crippen LogP contribution in [-0.2, 0) is 15.6 Å². The first-order valence-electron chi connectivity index (χ1n) is 15.5. The smallest absolute Gasteiger partial charge is 0.333 e. The van der Waals surface area contributed by atoms with E-state index in [-0.39, 0.29) is 16.5 Å². The second-order valence-electron chi connectivity index (χ2n) is 13.1. The van der Waals surface area contributed by atoms with Crippen molar-refractivity contribution in [3.63, 3.8) is 0 Å². The Balaban J connectivity index is 1.35. The van der Waals surface area contributed by atoms with Gasteiger partial charge in [-0.05, 0) is 92.5 Å². The number of aliphatic carboxylic acids is 1. The van der Waals surface area contributed by atoms with E-state index in [0.29, 0.717) is 0 Å². The third-order valence-electron chi connectivity index (χ3n) is 9.68. The van der Waals surface area contributed by atoms with Crippen molar-refractivity contribution in [1.82, 2.24) is 0 Å². The summed E-state index contributed by atoms with van der Waals surface area (Å²) >= 11 is 0. The summed E-state index contributed by atoms with van der Waals surface area (Å²) in [5, 5.41) is 9.15. The SMILES string of the molecule is [C-]#[N+]C(=CC=Cc1ccc(N(c2ccc3c(c2)C(C)(C)c2ccccc2-3)c2ccc3c(c2)C(C)(C)c2ccccc2-3)cc1)C(=O)O. The summed E-state index contributed by atoms with van der Waals surface area (Å²) < 4.78 is 0. The van der Waals surface area contributed by atoms with Crippen LogP contribution in [0.5, 0.6) is 0 Å². The molecule has 2 aliphatic carbocycles. The van der Waals surface area contributed by atoms with Gasteiger partial charge < -0.3 is 10.0 Å². The molecule has 5 aromatic carbocycles. The Kier molecular flexibility index (Phi) is 6.80. The van der Waals surface area contributed by atoms with Gasteiger partial charge in [0, 0.05) is 27.9 Å². The van der Waals surface area contributed by atoms with E-state index in [1.165, 1.54) is 50.6 Å². The van der Waals surface area contributed by atoms with E-state index in [1.54, 1.807) is 6.08 Å². The maximum Gasteiger partial charge on any atom is 0.333 e. The minimum absolute atomic E-state index is 0.127. The van der Waals surface area contributed by atoms with Crippen LogP contribution in [0.2, 0.25) is 0 Å². The highest BCUT2D eigenvalue weighted by atomic mass is 16.4. The summed E-state index contributed by atoms with van der Waals surface area (Å²) in [5.74, 6) is -1.23. The van der Waals surface area contributed by atoms with Crippen LogP contribution in [0.15, 0.2) is 127 Å². The van der Waals surface area contributed by atoms with E-state index in [0.717, 1.165) is 22.6 Å². The van der Waals surface area contributed by atoms with Gasteiger partial charge in [-0.1, -0.05) is 113 Å². The third kappa shape index (κ3) is 4.55. The van der Waals surface area contributed by atoms with Gasteiger partial charge in [-0.25, -0.2) is 4.85 Å². The van der Waals surface area contributed by atoms with E-state index in [4.69, 9.17) is 11.7 Å². The molecule has 0 amide bonds.